The van der Waals surface area contributed by atoms with E-state index < -0.39 is 0 Å². The summed E-state index contributed by atoms with van der Waals surface area (Å²) in [6.07, 6.45) is 2.75. The van der Waals surface area contributed by atoms with Gasteiger partial charge in [-0.2, -0.15) is 5.26 Å². The molecule has 1 aliphatic rings. The van der Waals surface area contributed by atoms with Gasteiger partial charge in [-0.25, -0.2) is 0 Å². The molecule has 1 aliphatic heterocycles. The molecule has 1 amide bonds. The third kappa shape index (κ3) is 4.51. The van der Waals surface area contributed by atoms with Gasteiger partial charge in [0.1, 0.15) is 11.6 Å². The van der Waals surface area contributed by atoms with Gasteiger partial charge in [-0.15, -0.1) is 0 Å². The van der Waals surface area contributed by atoms with Crippen molar-refractivity contribution in [2.75, 3.05) is 10.2 Å². The maximum absolute atomic E-state index is 12.8. The van der Waals surface area contributed by atoms with Crippen LogP contribution in [0.3, 0.4) is 0 Å². The van der Waals surface area contributed by atoms with Crippen molar-refractivity contribution < 1.29 is 4.79 Å². The summed E-state index contributed by atoms with van der Waals surface area (Å²) >= 11 is 0. The van der Waals surface area contributed by atoms with Crippen LogP contribution in [0.25, 0.3) is 6.08 Å². The molecule has 2 aromatic carbocycles. The van der Waals surface area contributed by atoms with Crippen molar-refractivity contribution in [3.05, 3.63) is 64.2 Å². The van der Waals surface area contributed by atoms with E-state index in [-0.39, 0.29) is 17.0 Å². The highest BCUT2D eigenvalue weighted by Gasteiger charge is 2.37. The summed E-state index contributed by atoms with van der Waals surface area (Å²) in [4.78, 5) is 15.3. The molecule has 0 bridgehead atoms. The summed E-state index contributed by atoms with van der Waals surface area (Å²) in [7, 11) is 0. The number of amides is 1. The highest BCUT2D eigenvalue weighted by atomic mass is 16.1. The molecular weight excluding hydrogens is 382 g/mol. The second-order valence-electron chi connectivity index (χ2n) is 9.57. The van der Waals surface area contributed by atoms with E-state index >= 15 is 0 Å². The van der Waals surface area contributed by atoms with Crippen LogP contribution in [-0.2, 0) is 4.79 Å². The number of nitrogens with zero attached hydrogens (tertiary/aromatic N) is 2. The third-order valence-electron chi connectivity index (χ3n) is 6.35. The van der Waals surface area contributed by atoms with Gasteiger partial charge in [-0.3, -0.25) is 4.79 Å². The first-order valence-electron chi connectivity index (χ1n) is 11.0. The van der Waals surface area contributed by atoms with Crippen LogP contribution in [0.5, 0.6) is 0 Å². The van der Waals surface area contributed by atoms with Crippen LogP contribution >= 0.6 is 0 Å². The normalized spacial score (nSPS) is 17.8. The lowest BCUT2D eigenvalue weighted by Gasteiger charge is -2.50. The van der Waals surface area contributed by atoms with Crippen molar-refractivity contribution in [1.82, 2.24) is 0 Å². The van der Waals surface area contributed by atoms with E-state index in [4.69, 9.17) is 0 Å². The summed E-state index contributed by atoms with van der Waals surface area (Å²) in [5.41, 5.74) is 6.42. The number of aryl methyl sites for hydroxylation is 1. The molecule has 1 N–H and O–H groups in total. The Hall–Kier alpha value is -3.06. The van der Waals surface area contributed by atoms with Gasteiger partial charge in [0.25, 0.3) is 5.91 Å². The first-order chi connectivity index (χ1) is 14.5. The molecular formula is C27H33N3O. The number of hydrogen-bond acceptors (Lipinski definition) is 3. The lowest BCUT2D eigenvalue weighted by atomic mass is 9.79. The molecule has 0 aromatic heterocycles. The molecule has 4 nitrogen and oxygen atoms in total. The lowest BCUT2D eigenvalue weighted by molar-refractivity contribution is -0.112. The zero-order chi connectivity index (χ0) is 22.9. The average Bonchev–Trinajstić information content (AvgIpc) is 2.68. The van der Waals surface area contributed by atoms with Gasteiger partial charge in [-0.05, 0) is 100 Å². The molecule has 2 aromatic rings. The van der Waals surface area contributed by atoms with Crippen molar-refractivity contribution in [3.63, 3.8) is 0 Å². The molecule has 3 rings (SSSR count). The number of rotatable bonds is 4. The standard InChI is InChI=1S/C27H33N3O/c1-17(2)30-25-12-11-21(14-23(25)19(4)15-27(30,6)7)13-22(16-28)26(31)29-24-10-8-9-18(3)20(24)5/h8-14,17,19H,15H2,1-7H3,(H,29,31)/b22-13-/t19-/m0/s1. The lowest BCUT2D eigenvalue weighted by Crippen LogP contribution is -2.51. The molecule has 4 heteroatoms. The van der Waals surface area contributed by atoms with Crippen LogP contribution in [0, 0.1) is 25.2 Å². The SMILES string of the molecule is Cc1cccc(NC(=O)/C(C#N)=C\c2ccc3c(c2)[C@@H](C)CC(C)(C)N3C(C)C)c1C. The van der Waals surface area contributed by atoms with Crippen molar-refractivity contribution in [3.8, 4) is 6.07 Å². The average molecular weight is 416 g/mol. The number of fused-ring (bicyclic) bond motifs is 1. The molecule has 0 saturated heterocycles. The zero-order valence-corrected chi connectivity index (χ0v) is 19.7. The van der Waals surface area contributed by atoms with Crippen molar-refractivity contribution in [2.45, 2.75) is 72.4 Å². The minimum absolute atomic E-state index is 0.0846. The van der Waals surface area contributed by atoms with Crippen LogP contribution < -0.4 is 10.2 Å². The second kappa shape index (κ2) is 8.59. The Balaban J connectivity index is 1.94. The molecule has 0 unspecified atom stereocenters. The number of carbonyl (C=O) groups is 1. The van der Waals surface area contributed by atoms with E-state index in [2.05, 4.69) is 63.0 Å². The van der Waals surface area contributed by atoms with Gasteiger partial charge in [-0.1, -0.05) is 25.1 Å². The molecule has 0 radical (unpaired) electrons. The number of nitriles is 1. The maximum atomic E-state index is 12.8. The minimum atomic E-state index is -0.382. The molecule has 0 aliphatic carbocycles. The predicted octanol–water partition coefficient (Wildman–Crippen LogP) is 6.35. The Bertz CT molecular complexity index is 1070. The first kappa shape index (κ1) is 22.6. The van der Waals surface area contributed by atoms with E-state index in [0.29, 0.717) is 12.0 Å². The number of carbonyl (C=O) groups excluding carboxylic acids is 1. The van der Waals surface area contributed by atoms with E-state index in [9.17, 15) is 10.1 Å². The van der Waals surface area contributed by atoms with Gasteiger partial charge >= 0.3 is 0 Å². The van der Waals surface area contributed by atoms with E-state index in [1.807, 2.05) is 38.1 Å². The van der Waals surface area contributed by atoms with E-state index in [1.54, 1.807) is 6.08 Å². The van der Waals surface area contributed by atoms with Gasteiger partial charge in [0.05, 0.1) is 0 Å². The zero-order valence-electron chi connectivity index (χ0n) is 19.7. The topological polar surface area (TPSA) is 56.1 Å². The first-order valence-corrected chi connectivity index (χ1v) is 11.0. The summed E-state index contributed by atoms with van der Waals surface area (Å²) < 4.78 is 0. The summed E-state index contributed by atoms with van der Waals surface area (Å²) in [6, 6.07) is 14.5. The van der Waals surface area contributed by atoms with Crippen LogP contribution in [0.2, 0.25) is 0 Å². The smallest absolute Gasteiger partial charge is 0.266 e. The van der Waals surface area contributed by atoms with Gasteiger partial charge in [0, 0.05) is 23.0 Å². The Morgan fingerprint density at radius 3 is 2.61 bits per heavy atom. The monoisotopic (exact) mass is 415 g/mol. The minimum Gasteiger partial charge on any atom is -0.364 e. The maximum Gasteiger partial charge on any atom is 0.266 e. The van der Waals surface area contributed by atoms with Crippen LogP contribution in [0.15, 0.2) is 42.0 Å². The van der Waals surface area contributed by atoms with Crippen LogP contribution in [-0.4, -0.2) is 17.5 Å². The van der Waals surface area contributed by atoms with Gasteiger partial charge < -0.3 is 10.2 Å². The van der Waals surface area contributed by atoms with Crippen molar-refractivity contribution in [2.24, 2.45) is 0 Å². The molecule has 162 valence electrons. The largest absolute Gasteiger partial charge is 0.364 e. The number of anilines is 2. The Morgan fingerprint density at radius 2 is 1.97 bits per heavy atom. The van der Waals surface area contributed by atoms with Crippen LogP contribution in [0.1, 0.15) is 69.2 Å². The quantitative estimate of drug-likeness (QED) is 0.467. The highest BCUT2D eigenvalue weighted by Crippen LogP contribution is 2.44. The summed E-state index contributed by atoms with van der Waals surface area (Å²) in [5, 5.41) is 12.5. The van der Waals surface area contributed by atoms with Crippen molar-refractivity contribution in [1.29, 1.82) is 5.26 Å². The van der Waals surface area contributed by atoms with E-state index in [1.165, 1.54) is 11.3 Å². The highest BCUT2D eigenvalue weighted by molar-refractivity contribution is 6.10. The predicted molar refractivity (Wildman–Crippen MR) is 129 cm³/mol. The molecule has 0 spiro atoms. The Labute approximate surface area is 186 Å². The van der Waals surface area contributed by atoms with Gasteiger partial charge in [0.15, 0.2) is 0 Å². The number of hydrogen-bond donors (Lipinski definition) is 1. The molecule has 31 heavy (non-hydrogen) atoms. The number of nitrogens with one attached hydrogen (secondary N) is 1. The fourth-order valence-electron chi connectivity index (χ4n) is 4.93. The second-order valence-corrected chi connectivity index (χ2v) is 9.57. The number of benzene rings is 2. The molecule has 0 saturated carbocycles. The Morgan fingerprint density at radius 1 is 1.26 bits per heavy atom. The van der Waals surface area contributed by atoms with Crippen LogP contribution in [0.4, 0.5) is 11.4 Å². The molecule has 0 fully saturated rings. The molecule has 1 atom stereocenters. The van der Waals surface area contributed by atoms with E-state index in [0.717, 1.165) is 28.8 Å². The third-order valence-corrected chi connectivity index (χ3v) is 6.35. The fraction of sp³-hybridized carbons (Fsp3) is 0.407. The van der Waals surface area contributed by atoms with Crippen molar-refractivity contribution >= 4 is 23.4 Å². The molecule has 1 heterocycles. The Kier molecular flexibility index (Phi) is 6.27. The fourth-order valence-corrected chi connectivity index (χ4v) is 4.93. The van der Waals surface area contributed by atoms with Gasteiger partial charge in [0.2, 0.25) is 0 Å². The summed E-state index contributed by atoms with van der Waals surface area (Å²) in [6.45, 7) is 15.3. The summed E-state index contributed by atoms with van der Waals surface area (Å²) in [5.74, 6) is 0.0227.